The fourth-order valence-electron chi connectivity index (χ4n) is 3.01. The number of hydrogen-bond donors (Lipinski definition) is 2. The first-order valence-corrected chi connectivity index (χ1v) is 6.73. The molecule has 1 atom stereocenters. The average Bonchev–Trinajstić information content (AvgIpc) is 2.70. The molecule has 0 fully saturated rings. The number of aromatic nitrogens is 1. The van der Waals surface area contributed by atoms with Crippen molar-refractivity contribution in [3.63, 3.8) is 0 Å². The summed E-state index contributed by atoms with van der Waals surface area (Å²) in [7, 11) is 0. The Morgan fingerprint density at radius 1 is 1.35 bits per heavy atom. The number of aryl methyl sites for hydroxylation is 1. The van der Waals surface area contributed by atoms with Crippen LogP contribution in [-0.2, 0) is 12.0 Å². The molecule has 0 radical (unpaired) electrons. The number of alkyl halides is 1. The van der Waals surface area contributed by atoms with Gasteiger partial charge in [0.15, 0.2) is 0 Å². The van der Waals surface area contributed by atoms with Crippen molar-refractivity contribution < 1.29 is 0 Å². The van der Waals surface area contributed by atoms with Crippen molar-refractivity contribution in [2.24, 2.45) is 5.73 Å². The van der Waals surface area contributed by atoms with E-state index in [1.807, 2.05) is 0 Å². The lowest BCUT2D eigenvalue weighted by Crippen LogP contribution is -2.40. The van der Waals surface area contributed by atoms with Gasteiger partial charge in [0.25, 0.3) is 0 Å². The highest BCUT2D eigenvalue weighted by Gasteiger charge is 2.34. The van der Waals surface area contributed by atoms with Crippen LogP contribution in [0, 0.1) is 0 Å². The molecule has 0 amide bonds. The summed E-state index contributed by atoms with van der Waals surface area (Å²) in [5, 5.41) is 1.33. The fraction of sp³-hybridized carbons (Fsp3) is 0.429. The number of nitrogens with one attached hydrogen (secondary N) is 1. The van der Waals surface area contributed by atoms with Crippen LogP contribution in [0.25, 0.3) is 10.9 Å². The van der Waals surface area contributed by atoms with E-state index in [-0.39, 0.29) is 5.54 Å². The van der Waals surface area contributed by atoms with Crippen LogP contribution in [0.1, 0.15) is 30.5 Å². The molecule has 3 rings (SSSR count). The van der Waals surface area contributed by atoms with Gasteiger partial charge < -0.3 is 10.7 Å². The number of nitrogens with two attached hydrogens (primary N) is 1. The zero-order valence-corrected chi connectivity index (χ0v) is 10.6. The van der Waals surface area contributed by atoms with E-state index in [0.29, 0.717) is 5.88 Å². The monoisotopic (exact) mass is 248 g/mol. The van der Waals surface area contributed by atoms with Gasteiger partial charge in [-0.25, -0.2) is 0 Å². The summed E-state index contributed by atoms with van der Waals surface area (Å²) in [6.45, 7) is 0. The minimum absolute atomic E-state index is 0.256. The molecule has 1 aliphatic rings. The largest absolute Gasteiger partial charge is 0.357 e. The van der Waals surface area contributed by atoms with Crippen molar-refractivity contribution in [2.75, 3.05) is 5.88 Å². The van der Waals surface area contributed by atoms with Crippen LogP contribution in [0.2, 0.25) is 0 Å². The van der Waals surface area contributed by atoms with E-state index in [2.05, 4.69) is 29.2 Å². The molecule has 3 N–H and O–H groups in total. The molecule has 1 unspecified atom stereocenters. The minimum Gasteiger partial charge on any atom is -0.357 e. The highest BCUT2D eigenvalue weighted by Crippen LogP contribution is 2.39. The summed E-state index contributed by atoms with van der Waals surface area (Å²) < 4.78 is 0. The van der Waals surface area contributed by atoms with Gasteiger partial charge in [-0.15, -0.1) is 11.6 Å². The molecule has 0 saturated carbocycles. The molecule has 0 saturated heterocycles. The zero-order chi connectivity index (χ0) is 11.9. The van der Waals surface area contributed by atoms with Gasteiger partial charge in [-0.2, -0.15) is 0 Å². The summed E-state index contributed by atoms with van der Waals surface area (Å²) in [4.78, 5) is 3.51. The molecular weight excluding hydrogens is 232 g/mol. The Labute approximate surface area is 106 Å². The van der Waals surface area contributed by atoms with Crippen molar-refractivity contribution in [2.45, 2.75) is 31.2 Å². The van der Waals surface area contributed by atoms with E-state index in [1.54, 1.807) is 0 Å². The van der Waals surface area contributed by atoms with Gasteiger partial charge in [0.2, 0.25) is 0 Å². The standard InChI is InChI=1S/C14H17ClN2/c15-9-8-14(16)7-3-5-11-10-4-1-2-6-12(10)17-13(11)14/h1-2,4,6,17H,3,5,7-9,16H2. The molecule has 1 aromatic heterocycles. The third kappa shape index (κ3) is 1.67. The number of aromatic amines is 1. The first-order valence-electron chi connectivity index (χ1n) is 6.19. The number of H-pyrrole nitrogens is 1. The molecule has 17 heavy (non-hydrogen) atoms. The molecule has 3 heteroatoms. The van der Waals surface area contributed by atoms with Gasteiger partial charge in [-0.3, -0.25) is 0 Å². The van der Waals surface area contributed by atoms with Gasteiger partial charge in [-0.05, 0) is 37.3 Å². The molecule has 0 spiro atoms. The van der Waals surface area contributed by atoms with E-state index in [9.17, 15) is 0 Å². The summed E-state index contributed by atoms with van der Waals surface area (Å²) in [5.74, 6) is 0.616. The normalized spacial score (nSPS) is 23.9. The van der Waals surface area contributed by atoms with Crippen LogP contribution < -0.4 is 5.73 Å². The second-order valence-electron chi connectivity index (χ2n) is 4.97. The van der Waals surface area contributed by atoms with Crippen molar-refractivity contribution in [3.8, 4) is 0 Å². The lowest BCUT2D eigenvalue weighted by atomic mass is 9.79. The Morgan fingerprint density at radius 3 is 3.00 bits per heavy atom. The topological polar surface area (TPSA) is 41.8 Å². The molecule has 0 bridgehead atoms. The Bertz CT molecular complexity index is 546. The maximum absolute atomic E-state index is 6.53. The van der Waals surface area contributed by atoms with Gasteiger partial charge in [0.05, 0.1) is 5.54 Å². The quantitative estimate of drug-likeness (QED) is 0.787. The van der Waals surface area contributed by atoms with Gasteiger partial charge >= 0.3 is 0 Å². The summed E-state index contributed by atoms with van der Waals surface area (Å²) >= 11 is 5.90. The molecule has 2 nitrogen and oxygen atoms in total. The highest BCUT2D eigenvalue weighted by molar-refractivity contribution is 6.17. The number of para-hydroxylation sites is 1. The summed E-state index contributed by atoms with van der Waals surface area (Å²) in [5.41, 5.74) is 10.1. The number of hydrogen-bond acceptors (Lipinski definition) is 1. The Hall–Kier alpha value is -0.990. The predicted molar refractivity (Wildman–Crippen MR) is 72.4 cm³/mol. The van der Waals surface area contributed by atoms with Crippen LogP contribution in [0.4, 0.5) is 0 Å². The highest BCUT2D eigenvalue weighted by atomic mass is 35.5. The van der Waals surface area contributed by atoms with Gasteiger partial charge in [-0.1, -0.05) is 18.2 Å². The third-order valence-electron chi connectivity index (χ3n) is 3.90. The minimum atomic E-state index is -0.256. The van der Waals surface area contributed by atoms with Gasteiger partial charge in [0, 0.05) is 22.5 Å². The second-order valence-corrected chi connectivity index (χ2v) is 5.35. The molecule has 2 aromatic rings. The van der Waals surface area contributed by atoms with Crippen LogP contribution in [0.3, 0.4) is 0 Å². The Morgan fingerprint density at radius 2 is 2.18 bits per heavy atom. The van der Waals surface area contributed by atoms with Crippen molar-refractivity contribution >= 4 is 22.5 Å². The van der Waals surface area contributed by atoms with Crippen molar-refractivity contribution in [1.82, 2.24) is 4.98 Å². The predicted octanol–water partition coefficient (Wildman–Crippen LogP) is 3.29. The first kappa shape index (κ1) is 11.1. The number of rotatable bonds is 2. The molecule has 1 aliphatic carbocycles. The van der Waals surface area contributed by atoms with Crippen LogP contribution in [0.15, 0.2) is 24.3 Å². The van der Waals surface area contributed by atoms with Crippen molar-refractivity contribution in [3.05, 3.63) is 35.5 Å². The van der Waals surface area contributed by atoms with E-state index in [1.165, 1.54) is 22.2 Å². The molecular formula is C14H17ClN2. The van der Waals surface area contributed by atoms with E-state index in [4.69, 9.17) is 17.3 Å². The molecule has 90 valence electrons. The van der Waals surface area contributed by atoms with Crippen LogP contribution in [0.5, 0.6) is 0 Å². The SMILES string of the molecule is NC1(CCCl)CCCc2c1[nH]c1ccccc21. The average molecular weight is 249 g/mol. The molecule has 0 aliphatic heterocycles. The lowest BCUT2D eigenvalue weighted by molar-refractivity contribution is 0.354. The van der Waals surface area contributed by atoms with E-state index < -0.39 is 0 Å². The van der Waals surface area contributed by atoms with Crippen LogP contribution >= 0.6 is 11.6 Å². The first-order chi connectivity index (χ1) is 8.24. The summed E-state index contributed by atoms with van der Waals surface area (Å²) in [6.07, 6.45) is 4.15. The number of benzene rings is 1. The van der Waals surface area contributed by atoms with E-state index >= 15 is 0 Å². The molecule has 1 aromatic carbocycles. The maximum Gasteiger partial charge on any atom is 0.0576 e. The lowest BCUT2D eigenvalue weighted by Gasteiger charge is -2.33. The number of fused-ring (bicyclic) bond motifs is 3. The molecule has 1 heterocycles. The fourth-order valence-corrected chi connectivity index (χ4v) is 3.35. The van der Waals surface area contributed by atoms with Gasteiger partial charge in [0.1, 0.15) is 0 Å². The Kier molecular flexibility index (Phi) is 2.64. The second kappa shape index (κ2) is 4.04. The third-order valence-corrected chi connectivity index (χ3v) is 4.09. The summed E-state index contributed by atoms with van der Waals surface area (Å²) in [6, 6.07) is 8.45. The Balaban J connectivity index is 2.20. The van der Waals surface area contributed by atoms with Crippen molar-refractivity contribution in [1.29, 1.82) is 0 Å². The smallest absolute Gasteiger partial charge is 0.0576 e. The maximum atomic E-state index is 6.53. The van der Waals surface area contributed by atoms with E-state index in [0.717, 1.165) is 25.7 Å². The zero-order valence-electron chi connectivity index (χ0n) is 9.80. The number of halogens is 1. The van der Waals surface area contributed by atoms with Crippen LogP contribution in [-0.4, -0.2) is 10.9 Å².